The summed E-state index contributed by atoms with van der Waals surface area (Å²) in [6, 6.07) is 18.5. The van der Waals surface area contributed by atoms with Crippen molar-refractivity contribution < 1.29 is 0 Å². The maximum absolute atomic E-state index is 6.03. The topological polar surface area (TPSA) is 12.9 Å². The average molecular weight is 308 g/mol. The minimum atomic E-state index is 0.536. The van der Waals surface area contributed by atoms with Crippen molar-refractivity contribution in [1.82, 2.24) is 4.98 Å². The number of hydrogen-bond acceptors (Lipinski definition) is 1. The minimum Gasteiger partial charge on any atom is -0.248 e. The summed E-state index contributed by atoms with van der Waals surface area (Å²) in [7, 11) is 0. The standard InChI is InChI=1S/C20H18ClN/c1-14(2)17-5-3-4-15(12-17)6-10-19-11-8-16-7-9-18(21)13-20(16)22-19/h3-14H,1-2H3/b10-6+. The zero-order chi connectivity index (χ0) is 15.5. The van der Waals surface area contributed by atoms with Crippen LogP contribution in [0, 0.1) is 0 Å². The van der Waals surface area contributed by atoms with Crippen LogP contribution in [-0.2, 0) is 0 Å². The Hall–Kier alpha value is -2.12. The predicted octanol–water partition coefficient (Wildman–Crippen LogP) is 6.18. The van der Waals surface area contributed by atoms with Crippen LogP contribution in [0.3, 0.4) is 0 Å². The van der Waals surface area contributed by atoms with E-state index in [1.54, 1.807) is 0 Å². The summed E-state index contributed by atoms with van der Waals surface area (Å²) in [6.45, 7) is 4.41. The van der Waals surface area contributed by atoms with E-state index in [9.17, 15) is 0 Å². The molecule has 110 valence electrons. The highest BCUT2D eigenvalue weighted by molar-refractivity contribution is 6.31. The Kier molecular flexibility index (Phi) is 4.26. The van der Waals surface area contributed by atoms with Gasteiger partial charge in [0, 0.05) is 10.4 Å². The van der Waals surface area contributed by atoms with Crippen molar-refractivity contribution in [1.29, 1.82) is 0 Å². The van der Waals surface area contributed by atoms with Gasteiger partial charge in [-0.25, -0.2) is 4.98 Å². The van der Waals surface area contributed by atoms with Crippen LogP contribution in [0.4, 0.5) is 0 Å². The van der Waals surface area contributed by atoms with Crippen LogP contribution in [0.25, 0.3) is 23.1 Å². The SMILES string of the molecule is CC(C)c1cccc(/C=C/c2ccc3ccc(Cl)cc3n2)c1. The summed E-state index contributed by atoms with van der Waals surface area (Å²) < 4.78 is 0. The van der Waals surface area contributed by atoms with Gasteiger partial charge in [0.05, 0.1) is 11.2 Å². The lowest BCUT2D eigenvalue weighted by Gasteiger charge is -2.05. The third-order valence-corrected chi connectivity index (χ3v) is 3.93. The van der Waals surface area contributed by atoms with Gasteiger partial charge in [0.2, 0.25) is 0 Å². The van der Waals surface area contributed by atoms with E-state index >= 15 is 0 Å². The number of hydrogen-bond donors (Lipinski definition) is 0. The molecule has 2 heteroatoms. The Morgan fingerprint density at radius 1 is 0.955 bits per heavy atom. The summed E-state index contributed by atoms with van der Waals surface area (Å²) >= 11 is 6.03. The first-order valence-electron chi connectivity index (χ1n) is 7.46. The Labute approximate surface area is 136 Å². The second kappa shape index (κ2) is 6.33. The van der Waals surface area contributed by atoms with E-state index in [1.165, 1.54) is 11.1 Å². The van der Waals surface area contributed by atoms with Gasteiger partial charge in [-0.15, -0.1) is 0 Å². The van der Waals surface area contributed by atoms with Crippen molar-refractivity contribution in [3.63, 3.8) is 0 Å². The lowest BCUT2D eigenvalue weighted by molar-refractivity contribution is 0.866. The molecule has 0 bridgehead atoms. The van der Waals surface area contributed by atoms with E-state index < -0.39 is 0 Å². The summed E-state index contributed by atoms with van der Waals surface area (Å²) in [5.74, 6) is 0.536. The summed E-state index contributed by atoms with van der Waals surface area (Å²) in [5, 5.41) is 1.81. The Morgan fingerprint density at radius 2 is 1.77 bits per heavy atom. The molecular weight excluding hydrogens is 290 g/mol. The number of aromatic nitrogens is 1. The number of rotatable bonds is 3. The lowest BCUT2D eigenvalue weighted by atomic mass is 10.0. The highest BCUT2D eigenvalue weighted by atomic mass is 35.5. The molecule has 0 aliphatic carbocycles. The van der Waals surface area contributed by atoms with Crippen LogP contribution in [0.1, 0.15) is 36.6 Å². The van der Waals surface area contributed by atoms with Gasteiger partial charge in [0.1, 0.15) is 0 Å². The van der Waals surface area contributed by atoms with Crippen LogP contribution in [0.5, 0.6) is 0 Å². The number of fused-ring (bicyclic) bond motifs is 1. The zero-order valence-corrected chi connectivity index (χ0v) is 13.5. The van der Waals surface area contributed by atoms with Crippen LogP contribution in [-0.4, -0.2) is 4.98 Å². The molecule has 0 saturated carbocycles. The highest BCUT2D eigenvalue weighted by Crippen LogP contribution is 2.20. The van der Waals surface area contributed by atoms with Gasteiger partial charge in [0.15, 0.2) is 0 Å². The molecule has 22 heavy (non-hydrogen) atoms. The maximum Gasteiger partial charge on any atom is 0.0724 e. The molecule has 1 heterocycles. The van der Waals surface area contributed by atoms with Gasteiger partial charge in [-0.3, -0.25) is 0 Å². The fourth-order valence-corrected chi connectivity index (χ4v) is 2.57. The van der Waals surface area contributed by atoms with Gasteiger partial charge >= 0.3 is 0 Å². The van der Waals surface area contributed by atoms with Crippen molar-refractivity contribution >= 4 is 34.7 Å². The first-order chi connectivity index (χ1) is 10.6. The highest BCUT2D eigenvalue weighted by Gasteiger charge is 1.99. The molecule has 0 aliphatic rings. The molecule has 1 aromatic heterocycles. The van der Waals surface area contributed by atoms with E-state index in [0.29, 0.717) is 10.9 Å². The molecule has 0 fully saturated rings. The smallest absolute Gasteiger partial charge is 0.0724 e. The lowest BCUT2D eigenvalue weighted by Crippen LogP contribution is -1.87. The Bertz CT molecular complexity index is 834. The summed E-state index contributed by atoms with van der Waals surface area (Å²) in [4.78, 5) is 4.64. The maximum atomic E-state index is 6.03. The largest absolute Gasteiger partial charge is 0.248 e. The second-order valence-electron chi connectivity index (χ2n) is 5.73. The number of pyridine rings is 1. The first kappa shape index (κ1) is 14.8. The number of halogens is 1. The monoisotopic (exact) mass is 307 g/mol. The van der Waals surface area contributed by atoms with E-state index in [1.807, 2.05) is 30.3 Å². The molecule has 0 spiro atoms. The number of nitrogens with zero attached hydrogens (tertiary/aromatic N) is 1. The molecule has 0 saturated heterocycles. The molecule has 0 aliphatic heterocycles. The molecular formula is C20H18ClN. The number of benzene rings is 2. The van der Waals surface area contributed by atoms with E-state index in [-0.39, 0.29) is 0 Å². The fourth-order valence-electron chi connectivity index (χ4n) is 2.40. The van der Waals surface area contributed by atoms with Crippen molar-refractivity contribution in [2.24, 2.45) is 0 Å². The van der Waals surface area contributed by atoms with Crippen LogP contribution >= 0.6 is 11.6 Å². The third-order valence-electron chi connectivity index (χ3n) is 3.70. The molecule has 3 aromatic rings. The quantitative estimate of drug-likeness (QED) is 0.563. The van der Waals surface area contributed by atoms with Crippen molar-refractivity contribution in [3.8, 4) is 0 Å². The van der Waals surface area contributed by atoms with E-state index in [0.717, 1.165) is 16.6 Å². The normalized spacial score (nSPS) is 11.6. The molecule has 2 aromatic carbocycles. The molecule has 0 unspecified atom stereocenters. The Balaban J connectivity index is 1.90. The van der Waals surface area contributed by atoms with Crippen molar-refractivity contribution in [2.75, 3.05) is 0 Å². The predicted molar refractivity (Wildman–Crippen MR) is 96.2 cm³/mol. The summed E-state index contributed by atoms with van der Waals surface area (Å²) in [6.07, 6.45) is 4.14. The Morgan fingerprint density at radius 3 is 2.59 bits per heavy atom. The zero-order valence-electron chi connectivity index (χ0n) is 12.8. The van der Waals surface area contributed by atoms with Gasteiger partial charge < -0.3 is 0 Å². The van der Waals surface area contributed by atoms with Gasteiger partial charge in [-0.2, -0.15) is 0 Å². The van der Waals surface area contributed by atoms with Gasteiger partial charge in [-0.1, -0.05) is 67.9 Å². The molecule has 0 amide bonds. The summed E-state index contributed by atoms with van der Waals surface area (Å²) in [5.41, 5.74) is 4.40. The molecule has 1 nitrogen and oxygen atoms in total. The molecule has 0 N–H and O–H groups in total. The second-order valence-corrected chi connectivity index (χ2v) is 6.17. The molecule has 0 radical (unpaired) electrons. The van der Waals surface area contributed by atoms with Crippen LogP contribution in [0.2, 0.25) is 5.02 Å². The molecule has 3 rings (SSSR count). The first-order valence-corrected chi connectivity index (χ1v) is 7.84. The molecule has 0 atom stereocenters. The van der Waals surface area contributed by atoms with E-state index in [4.69, 9.17) is 11.6 Å². The van der Waals surface area contributed by atoms with Crippen molar-refractivity contribution in [3.05, 3.63) is 76.4 Å². The van der Waals surface area contributed by atoms with Crippen LogP contribution in [0.15, 0.2) is 54.6 Å². The van der Waals surface area contributed by atoms with Gasteiger partial charge in [0.25, 0.3) is 0 Å². The average Bonchev–Trinajstić information content (AvgIpc) is 2.52. The van der Waals surface area contributed by atoms with Gasteiger partial charge in [-0.05, 0) is 41.3 Å². The fraction of sp³-hybridized carbons (Fsp3) is 0.150. The van der Waals surface area contributed by atoms with E-state index in [2.05, 4.69) is 55.2 Å². The van der Waals surface area contributed by atoms with Crippen LogP contribution < -0.4 is 0 Å². The minimum absolute atomic E-state index is 0.536. The third kappa shape index (κ3) is 3.37. The van der Waals surface area contributed by atoms with Crippen molar-refractivity contribution in [2.45, 2.75) is 19.8 Å².